The molecule has 0 fully saturated rings. The number of halogens is 1. The largest absolute Gasteiger partial charge is 0.240 e. The minimum absolute atomic E-state index is 0.0396. The number of hydrogen-bond acceptors (Lipinski definition) is 4. The van der Waals surface area contributed by atoms with E-state index >= 15 is 0 Å². The third-order valence-corrected chi connectivity index (χ3v) is 8.42. The summed E-state index contributed by atoms with van der Waals surface area (Å²) >= 11 is 5.84. The molecule has 1 N–H and O–H groups in total. The van der Waals surface area contributed by atoms with Crippen molar-refractivity contribution < 1.29 is 16.8 Å². The Balaban J connectivity index is 1.89. The Kier molecular flexibility index (Phi) is 6.67. The Hall–Kier alpha value is -2.19. The first-order valence-electron chi connectivity index (χ1n) is 9.27. The quantitative estimate of drug-likeness (QED) is 0.556. The van der Waals surface area contributed by atoms with Gasteiger partial charge in [0.25, 0.3) is 0 Å². The Morgan fingerprint density at radius 1 is 0.867 bits per heavy atom. The van der Waals surface area contributed by atoms with Crippen LogP contribution in [-0.4, -0.2) is 23.4 Å². The lowest BCUT2D eigenvalue weighted by Crippen LogP contribution is -2.28. The van der Waals surface area contributed by atoms with Crippen LogP contribution in [0.1, 0.15) is 24.0 Å². The van der Waals surface area contributed by atoms with E-state index in [0.29, 0.717) is 10.6 Å². The molecule has 5 nitrogen and oxygen atoms in total. The van der Waals surface area contributed by atoms with Crippen LogP contribution in [-0.2, 0) is 19.9 Å². The van der Waals surface area contributed by atoms with Crippen LogP contribution in [0.3, 0.4) is 0 Å². The van der Waals surface area contributed by atoms with Gasteiger partial charge in [-0.1, -0.05) is 54.9 Å². The van der Waals surface area contributed by atoms with Crippen molar-refractivity contribution in [2.45, 2.75) is 34.5 Å². The summed E-state index contributed by atoms with van der Waals surface area (Å²) in [6.45, 7) is 3.75. The van der Waals surface area contributed by atoms with Gasteiger partial charge in [-0.3, -0.25) is 0 Å². The predicted molar refractivity (Wildman–Crippen MR) is 118 cm³/mol. The normalized spacial score (nSPS) is 13.2. The zero-order chi connectivity index (χ0) is 21.9. The first-order chi connectivity index (χ1) is 14.1. The fourth-order valence-electron chi connectivity index (χ4n) is 3.00. The molecule has 0 unspecified atom stereocenters. The number of rotatable bonds is 7. The van der Waals surface area contributed by atoms with Crippen molar-refractivity contribution >= 4 is 31.5 Å². The summed E-state index contributed by atoms with van der Waals surface area (Å²) in [6, 6.07) is 19.4. The first-order valence-corrected chi connectivity index (χ1v) is 12.6. The molecule has 0 amide bonds. The lowest BCUT2D eigenvalue weighted by atomic mass is 10.0. The standard InChI is InChI=1S/C22H22ClNO4S2/c1-16-8-11-21(29(25,26)20-12-9-19(23)10-13-20)14-22(16)30(27,28)24-15-17(2)18-6-4-3-5-7-18/h3-14,17,24H,15H2,1-2H3/t17-/m0/s1. The third-order valence-electron chi connectivity index (χ3n) is 4.83. The van der Waals surface area contributed by atoms with Gasteiger partial charge in [-0.15, -0.1) is 0 Å². The van der Waals surface area contributed by atoms with Gasteiger partial charge in [0.1, 0.15) is 0 Å². The molecule has 0 heterocycles. The zero-order valence-electron chi connectivity index (χ0n) is 16.5. The summed E-state index contributed by atoms with van der Waals surface area (Å²) in [4.78, 5) is -0.102. The Morgan fingerprint density at radius 2 is 1.47 bits per heavy atom. The molecular weight excluding hydrogens is 442 g/mol. The van der Waals surface area contributed by atoms with Gasteiger partial charge in [0.2, 0.25) is 19.9 Å². The van der Waals surface area contributed by atoms with Gasteiger partial charge >= 0.3 is 0 Å². The number of hydrogen-bond donors (Lipinski definition) is 1. The van der Waals surface area contributed by atoms with Gasteiger partial charge in [-0.25, -0.2) is 21.6 Å². The smallest absolute Gasteiger partial charge is 0.219 e. The van der Waals surface area contributed by atoms with Crippen molar-refractivity contribution in [1.29, 1.82) is 0 Å². The Bertz CT molecular complexity index is 1240. The number of sulfone groups is 1. The Labute approximate surface area is 182 Å². The second-order valence-corrected chi connectivity index (χ2v) is 11.2. The van der Waals surface area contributed by atoms with Crippen LogP contribution < -0.4 is 4.72 Å². The topological polar surface area (TPSA) is 80.3 Å². The highest BCUT2D eigenvalue weighted by atomic mass is 35.5. The predicted octanol–water partition coefficient (Wildman–Crippen LogP) is 4.56. The van der Waals surface area contributed by atoms with Gasteiger partial charge in [0, 0.05) is 11.6 Å². The highest BCUT2D eigenvalue weighted by Crippen LogP contribution is 2.26. The van der Waals surface area contributed by atoms with E-state index in [0.717, 1.165) is 5.56 Å². The number of benzene rings is 3. The van der Waals surface area contributed by atoms with Crippen LogP contribution in [0, 0.1) is 6.92 Å². The lowest BCUT2D eigenvalue weighted by Gasteiger charge is -2.15. The average molecular weight is 464 g/mol. The molecule has 0 bridgehead atoms. The van der Waals surface area contributed by atoms with Gasteiger partial charge in [0.05, 0.1) is 14.7 Å². The molecule has 8 heteroatoms. The van der Waals surface area contributed by atoms with Crippen molar-refractivity contribution in [1.82, 2.24) is 4.72 Å². The summed E-state index contributed by atoms with van der Waals surface area (Å²) in [7, 11) is -7.78. The monoisotopic (exact) mass is 463 g/mol. The van der Waals surface area contributed by atoms with E-state index < -0.39 is 19.9 Å². The average Bonchev–Trinajstić information content (AvgIpc) is 2.73. The number of aryl methyl sites for hydroxylation is 1. The van der Waals surface area contributed by atoms with Crippen molar-refractivity contribution in [3.05, 3.63) is 88.9 Å². The SMILES string of the molecule is Cc1ccc(S(=O)(=O)c2ccc(Cl)cc2)cc1S(=O)(=O)NC[C@H](C)c1ccccc1. The highest BCUT2D eigenvalue weighted by Gasteiger charge is 2.23. The summed E-state index contributed by atoms with van der Waals surface area (Å²) in [6.07, 6.45) is 0. The molecule has 158 valence electrons. The minimum atomic E-state index is -3.90. The van der Waals surface area contributed by atoms with Crippen molar-refractivity contribution in [2.75, 3.05) is 6.54 Å². The maximum absolute atomic E-state index is 12.9. The van der Waals surface area contributed by atoms with E-state index in [1.54, 1.807) is 6.92 Å². The molecule has 0 aromatic heterocycles. The summed E-state index contributed by atoms with van der Waals surface area (Å²) in [5.41, 5.74) is 1.47. The van der Waals surface area contributed by atoms with Crippen molar-refractivity contribution in [2.24, 2.45) is 0 Å². The third kappa shape index (κ3) is 4.92. The maximum atomic E-state index is 12.9. The van der Waals surface area contributed by atoms with E-state index in [-0.39, 0.29) is 27.1 Å². The van der Waals surface area contributed by atoms with Gasteiger partial charge < -0.3 is 0 Å². The minimum Gasteiger partial charge on any atom is -0.219 e. The molecule has 1 atom stereocenters. The molecule has 3 aromatic carbocycles. The van der Waals surface area contributed by atoms with E-state index in [9.17, 15) is 16.8 Å². The van der Waals surface area contributed by atoms with E-state index in [1.165, 1.54) is 42.5 Å². The lowest BCUT2D eigenvalue weighted by molar-refractivity contribution is 0.574. The fourth-order valence-corrected chi connectivity index (χ4v) is 5.89. The van der Waals surface area contributed by atoms with E-state index in [1.807, 2.05) is 37.3 Å². The van der Waals surface area contributed by atoms with Gasteiger partial charge in [-0.2, -0.15) is 0 Å². The second-order valence-electron chi connectivity index (χ2n) is 7.05. The molecule has 30 heavy (non-hydrogen) atoms. The molecular formula is C22H22ClNO4S2. The molecule has 3 aromatic rings. The van der Waals surface area contributed by atoms with Crippen LogP contribution >= 0.6 is 11.6 Å². The Morgan fingerprint density at radius 3 is 2.10 bits per heavy atom. The second kappa shape index (κ2) is 8.89. The summed E-state index contributed by atoms with van der Waals surface area (Å²) in [5.74, 6) is -0.0396. The summed E-state index contributed by atoms with van der Waals surface area (Å²) < 4.78 is 54.3. The van der Waals surface area contributed by atoms with E-state index in [2.05, 4.69) is 4.72 Å². The van der Waals surface area contributed by atoms with Gasteiger partial charge in [0.15, 0.2) is 0 Å². The maximum Gasteiger partial charge on any atom is 0.240 e. The van der Waals surface area contributed by atoms with Crippen molar-refractivity contribution in [3.8, 4) is 0 Å². The highest BCUT2D eigenvalue weighted by molar-refractivity contribution is 7.91. The molecule has 0 aliphatic rings. The van der Waals surface area contributed by atoms with Crippen LogP contribution in [0.15, 0.2) is 87.5 Å². The number of sulfonamides is 1. The zero-order valence-corrected chi connectivity index (χ0v) is 18.9. The van der Waals surface area contributed by atoms with E-state index in [4.69, 9.17) is 11.6 Å². The molecule has 0 radical (unpaired) electrons. The molecule has 0 aliphatic heterocycles. The van der Waals surface area contributed by atoms with Crippen LogP contribution in [0.2, 0.25) is 5.02 Å². The van der Waals surface area contributed by atoms with Crippen LogP contribution in [0.5, 0.6) is 0 Å². The number of nitrogens with one attached hydrogen (secondary N) is 1. The first kappa shape index (κ1) is 22.5. The fraction of sp³-hybridized carbons (Fsp3) is 0.182. The van der Waals surface area contributed by atoms with Gasteiger partial charge in [-0.05, 0) is 60.4 Å². The van der Waals surface area contributed by atoms with Crippen molar-refractivity contribution in [3.63, 3.8) is 0 Å². The molecule has 3 rings (SSSR count). The molecule has 0 saturated carbocycles. The van der Waals surface area contributed by atoms with Crippen LogP contribution in [0.25, 0.3) is 0 Å². The molecule has 0 aliphatic carbocycles. The molecule has 0 saturated heterocycles. The van der Waals surface area contributed by atoms with Crippen LogP contribution in [0.4, 0.5) is 0 Å². The summed E-state index contributed by atoms with van der Waals surface area (Å²) in [5, 5.41) is 0.415. The molecule has 0 spiro atoms.